The minimum absolute atomic E-state index is 0.747. The van der Waals surface area contributed by atoms with E-state index in [0.29, 0.717) is 0 Å². The molecule has 2 aliphatic rings. The molecule has 0 saturated carbocycles. The molecule has 266 valence electrons. The van der Waals surface area contributed by atoms with Crippen molar-refractivity contribution in [2.24, 2.45) is 0 Å². The summed E-state index contributed by atoms with van der Waals surface area (Å²) in [4.78, 5) is 10.9. The molecule has 3 nitrogen and oxygen atoms in total. The van der Waals surface area contributed by atoms with Crippen LogP contribution < -0.4 is 20.7 Å². The number of fused-ring (bicyclic) bond motifs is 9. The Bertz CT molecular complexity index is 3170. The van der Waals surface area contributed by atoms with Crippen LogP contribution in [0.1, 0.15) is 11.1 Å². The molecule has 4 heteroatoms. The Balaban J connectivity index is 1.09. The van der Waals surface area contributed by atoms with E-state index in [1.807, 2.05) is 0 Å². The molecule has 3 heterocycles. The van der Waals surface area contributed by atoms with Crippen LogP contribution in [-0.2, 0) is 6.42 Å². The summed E-state index contributed by atoms with van der Waals surface area (Å²) >= 11 is 0. The average Bonchev–Trinajstić information content (AvgIpc) is 3.93. The number of benzene rings is 8. The van der Waals surface area contributed by atoms with Crippen LogP contribution in [0.5, 0.6) is 0 Å². The molecule has 0 atom stereocenters. The van der Waals surface area contributed by atoms with E-state index < -0.39 is 8.07 Å². The fraction of sp³-hybridized carbons (Fsp3) is 0.0189. The first-order chi connectivity index (χ1) is 28.3. The Hall–Kier alpha value is -7.14. The van der Waals surface area contributed by atoms with Crippen molar-refractivity contribution in [1.82, 2.24) is 14.5 Å². The van der Waals surface area contributed by atoms with Crippen molar-refractivity contribution in [3.8, 4) is 50.7 Å². The highest BCUT2D eigenvalue weighted by Crippen LogP contribution is 2.43. The van der Waals surface area contributed by atoms with E-state index in [4.69, 9.17) is 9.97 Å². The highest BCUT2D eigenvalue weighted by atomic mass is 28.3. The fourth-order valence-electron chi connectivity index (χ4n) is 9.90. The summed E-state index contributed by atoms with van der Waals surface area (Å²) in [5, 5.41) is 8.08. The number of hydrogen-bond donors (Lipinski definition) is 0. The van der Waals surface area contributed by atoms with Gasteiger partial charge in [0.2, 0.25) is 0 Å². The lowest BCUT2D eigenvalue weighted by Gasteiger charge is -2.31. The molecule has 12 rings (SSSR count). The van der Waals surface area contributed by atoms with Crippen LogP contribution in [0.25, 0.3) is 72.5 Å². The van der Waals surface area contributed by atoms with Gasteiger partial charge in [-0.3, -0.25) is 0 Å². The maximum absolute atomic E-state index is 5.55. The summed E-state index contributed by atoms with van der Waals surface area (Å²) in [5.74, 6) is 0.747. The standard InChI is InChI=1S/C53H35N3Si/c1-4-17-38(18-5-1)56-47-26-14-12-24-42(47)44-34-37(28-30-48(44)56)53-54-51(46-32-35-16-10-11-23-41(35)52(46)55-53)36-29-31-50-45(33-36)43-25-13-15-27-49(43)57(50,39-19-6-2-7-20-39)40-21-8-3-9-22-40/h1-31,33-34H,32H2. The van der Waals surface area contributed by atoms with Crippen molar-refractivity contribution in [1.29, 1.82) is 0 Å². The van der Waals surface area contributed by atoms with Crippen molar-refractivity contribution in [2.75, 3.05) is 0 Å². The molecule has 0 N–H and O–H groups in total. The molecule has 0 saturated heterocycles. The van der Waals surface area contributed by atoms with Gasteiger partial charge < -0.3 is 4.57 Å². The van der Waals surface area contributed by atoms with Crippen LogP contribution in [0, 0.1) is 0 Å². The zero-order valence-electron chi connectivity index (χ0n) is 31.1. The molecule has 1 aliphatic heterocycles. The zero-order chi connectivity index (χ0) is 37.5. The van der Waals surface area contributed by atoms with Crippen LogP contribution in [0.3, 0.4) is 0 Å². The summed E-state index contributed by atoms with van der Waals surface area (Å²) in [6.07, 6.45) is 0.811. The molecule has 0 bridgehead atoms. The highest BCUT2D eigenvalue weighted by molar-refractivity contribution is 7.22. The van der Waals surface area contributed by atoms with Gasteiger partial charge in [0, 0.05) is 45.1 Å². The Morgan fingerprint density at radius 1 is 0.421 bits per heavy atom. The molecule has 0 fully saturated rings. The van der Waals surface area contributed by atoms with Gasteiger partial charge in [-0.1, -0.05) is 158 Å². The number of nitrogens with zero attached hydrogens (tertiary/aromatic N) is 3. The maximum Gasteiger partial charge on any atom is 0.180 e. The monoisotopic (exact) mass is 741 g/mol. The van der Waals surface area contributed by atoms with E-state index in [-0.39, 0.29) is 0 Å². The smallest absolute Gasteiger partial charge is 0.180 e. The van der Waals surface area contributed by atoms with E-state index >= 15 is 0 Å². The van der Waals surface area contributed by atoms with E-state index in [2.05, 4.69) is 205 Å². The molecule has 10 aromatic rings. The third-order valence-corrected chi connectivity index (χ3v) is 17.2. The molecule has 0 radical (unpaired) electrons. The maximum atomic E-state index is 5.55. The number of aromatic nitrogens is 3. The van der Waals surface area contributed by atoms with Gasteiger partial charge in [-0.15, -0.1) is 0 Å². The Morgan fingerprint density at radius 2 is 1.02 bits per heavy atom. The molecule has 0 unspecified atom stereocenters. The normalized spacial score (nSPS) is 13.3. The summed E-state index contributed by atoms with van der Waals surface area (Å²) in [7, 11) is -2.59. The third kappa shape index (κ3) is 4.65. The summed E-state index contributed by atoms with van der Waals surface area (Å²) in [5.41, 5.74) is 14.0. The van der Waals surface area contributed by atoms with E-state index in [9.17, 15) is 0 Å². The zero-order valence-corrected chi connectivity index (χ0v) is 32.1. The summed E-state index contributed by atoms with van der Waals surface area (Å²) in [6, 6.07) is 73.5. The van der Waals surface area contributed by atoms with Crippen molar-refractivity contribution in [3.63, 3.8) is 0 Å². The molecule has 0 amide bonds. The molecule has 2 aromatic heterocycles. The first kappa shape index (κ1) is 32.1. The van der Waals surface area contributed by atoms with Crippen molar-refractivity contribution in [2.45, 2.75) is 6.42 Å². The Kier molecular flexibility index (Phi) is 7.01. The Morgan fingerprint density at radius 3 is 1.81 bits per heavy atom. The van der Waals surface area contributed by atoms with Crippen molar-refractivity contribution >= 4 is 50.6 Å². The van der Waals surface area contributed by atoms with Gasteiger partial charge in [-0.05, 0) is 79.9 Å². The second-order valence-corrected chi connectivity index (χ2v) is 19.0. The molecule has 8 aromatic carbocycles. The van der Waals surface area contributed by atoms with Gasteiger partial charge >= 0.3 is 0 Å². The van der Waals surface area contributed by atoms with Gasteiger partial charge in [0.25, 0.3) is 0 Å². The number of hydrogen-bond acceptors (Lipinski definition) is 2. The van der Waals surface area contributed by atoms with Gasteiger partial charge in [0.1, 0.15) is 0 Å². The molecular weight excluding hydrogens is 707 g/mol. The molecule has 0 spiro atoms. The molecule has 1 aliphatic carbocycles. The Labute approximate surface area is 332 Å². The van der Waals surface area contributed by atoms with Gasteiger partial charge in [0.05, 0.1) is 22.4 Å². The highest BCUT2D eigenvalue weighted by Gasteiger charge is 2.48. The van der Waals surface area contributed by atoms with Crippen LogP contribution in [0.4, 0.5) is 0 Å². The predicted octanol–water partition coefficient (Wildman–Crippen LogP) is 9.84. The average molecular weight is 742 g/mol. The first-order valence-electron chi connectivity index (χ1n) is 19.7. The lowest BCUT2D eigenvalue weighted by Crippen LogP contribution is -2.72. The fourth-order valence-corrected chi connectivity index (χ4v) is 15.1. The second-order valence-electron chi connectivity index (χ2n) is 15.3. The summed E-state index contributed by atoms with van der Waals surface area (Å²) in [6.45, 7) is 0. The minimum Gasteiger partial charge on any atom is -0.309 e. The number of rotatable bonds is 5. The number of para-hydroxylation sites is 2. The second kappa shape index (κ2) is 12.4. The lowest BCUT2D eigenvalue weighted by atomic mass is 9.98. The molecule has 57 heavy (non-hydrogen) atoms. The lowest BCUT2D eigenvalue weighted by molar-refractivity contribution is 1.13. The quantitative estimate of drug-likeness (QED) is 0.165. The van der Waals surface area contributed by atoms with E-state index in [1.54, 1.807) is 0 Å². The van der Waals surface area contributed by atoms with Crippen molar-refractivity contribution < 1.29 is 0 Å². The van der Waals surface area contributed by atoms with E-state index in [0.717, 1.165) is 40.4 Å². The van der Waals surface area contributed by atoms with Gasteiger partial charge in [0.15, 0.2) is 13.9 Å². The minimum atomic E-state index is -2.59. The summed E-state index contributed by atoms with van der Waals surface area (Å²) < 4.78 is 2.36. The van der Waals surface area contributed by atoms with Crippen LogP contribution in [-0.4, -0.2) is 22.6 Å². The van der Waals surface area contributed by atoms with Crippen LogP contribution >= 0.6 is 0 Å². The third-order valence-electron chi connectivity index (χ3n) is 12.3. The largest absolute Gasteiger partial charge is 0.309 e. The topological polar surface area (TPSA) is 30.7 Å². The van der Waals surface area contributed by atoms with Gasteiger partial charge in [-0.2, -0.15) is 0 Å². The van der Waals surface area contributed by atoms with Crippen LogP contribution in [0.15, 0.2) is 200 Å². The van der Waals surface area contributed by atoms with Crippen molar-refractivity contribution in [3.05, 3.63) is 211 Å². The van der Waals surface area contributed by atoms with E-state index in [1.165, 1.54) is 70.4 Å². The molecular formula is C53H35N3Si. The first-order valence-corrected chi connectivity index (χ1v) is 21.7. The predicted molar refractivity (Wildman–Crippen MR) is 238 cm³/mol. The SMILES string of the molecule is c1ccc(-n2c3ccccc3c3cc(-c4nc(-c5ccc6c(c5)-c5ccccc5[Si]6(c5ccccc5)c5ccccc5)c5c(n4)-c4ccccc4C5)ccc32)cc1. The van der Waals surface area contributed by atoms with Crippen LogP contribution in [0.2, 0.25) is 0 Å². The van der Waals surface area contributed by atoms with Gasteiger partial charge in [-0.25, -0.2) is 9.97 Å².